The summed E-state index contributed by atoms with van der Waals surface area (Å²) < 4.78 is 2.93. The number of hydrogen-bond acceptors (Lipinski definition) is 3. The van der Waals surface area contributed by atoms with E-state index in [1.165, 1.54) is 9.08 Å². The first-order valence-electron chi connectivity index (χ1n) is 5.63. The third kappa shape index (κ3) is 1.66. The second-order valence-electron chi connectivity index (χ2n) is 4.07. The third-order valence-electron chi connectivity index (χ3n) is 2.86. The van der Waals surface area contributed by atoms with Gasteiger partial charge in [0.15, 0.2) is 5.65 Å². The number of nitrogens with zero attached hydrogens (tertiary/aromatic N) is 3. The topological polar surface area (TPSA) is 65.3 Å². The van der Waals surface area contributed by atoms with Gasteiger partial charge in [-0.15, -0.1) is 5.10 Å². The molecule has 5 nitrogen and oxygen atoms in total. The fourth-order valence-electron chi connectivity index (χ4n) is 1.91. The van der Waals surface area contributed by atoms with Gasteiger partial charge in [-0.2, -0.15) is 0 Å². The number of pyridine rings is 1. The highest BCUT2D eigenvalue weighted by molar-refractivity contribution is 5.46. The second kappa shape index (κ2) is 4.03. The van der Waals surface area contributed by atoms with Gasteiger partial charge >= 0.3 is 5.69 Å². The number of aromatic nitrogens is 3. The minimum Gasteiger partial charge on any atom is -0.398 e. The average molecular weight is 240 g/mol. The maximum atomic E-state index is 12.1. The van der Waals surface area contributed by atoms with E-state index in [9.17, 15) is 4.79 Å². The van der Waals surface area contributed by atoms with Crippen LogP contribution in [0.15, 0.2) is 53.5 Å². The van der Waals surface area contributed by atoms with Crippen molar-refractivity contribution < 1.29 is 0 Å². The van der Waals surface area contributed by atoms with Crippen molar-refractivity contribution in [2.45, 2.75) is 6.54 Å². The number of fused-ring (bicyclic) bond motifs is 1. The summed E-state index contributed by atoms with van der Waals surface area (Å²) in [5.74, 6) is 0. The molecule has 3 rings (SSSR count). The number of rotatable bonds is 2. The molecule has 2 aromatic heterocycles. The summed E-state index contributed by atoms with van der Waals surface area (Å²) in [6.07, 6.45) is 1.70. The highest BCUT2D eigenvalue weighted by atomic mass is 16.2. The Hall–Kier alpha value is -2.56. The summed E-state index contributed by atoms with van der Waals surface area (Å²) >= 11 is 0. The first kappa shape index (κ1) is 10.6. The van der Waals surface area contributed by atoms with E-state index in [0.29, 0.717) is 17.9 Å². The van der Waals surface area contributed by atoms with Crippen LogP contribution in [-0.2, 0) is 6.54 Å². The zero-order valence-electron chi connectivity index (χ0n) is 9.65. The van der Waals surface area contributed by atoms with Crippen molar-refractivity contribution in [3.8, 4) is 0 Å². The second-order valence-corrected chi connectivity index (χ2v) is 4.07. The minimum absolute atomic E-state index is 0.158. The van der Waals surface area contributed by atoms with E-state index < -0.39 is 0 Å². The Morgan fingerprint density at radius 1 is 1.11 bits per heavy atom. The quantitative estimate of drug-likeness (QED) is 0.683. The lowest BCUT2D eigenvalue weighted by atomic mass is 10.2. The Kier molecular flexibility index (Phi) is 2.37. The molecular weight excluding hydrogens is 228 g/mol. The van der Waals surface area contributed by atoms with E-state index >= 15 is 0 Å². The lowest BCUT2D eigenvalue weighted by molar-refractivity contribution is 0.660. The van der Waals surface area contributed by atoms with Crippen LogP contribution in [0.25, 0.3) is 5.65 Å². The monoisotopic (exact) mass is 240 g/mol. The predicted octanol–water partition coefficient (Wildman–Crippen LogP) is 1.13. The fourth-order valence-corrected chi connectivity index (χ4v) is 1.91. The molecule has 0 unspecified atom stereocenters. The molecule has 5 heteroatoms. The summed E-state index contributed by atoms with van der Waals surface area (Å²) in [5, 5.41) is 4.26. The fraction of sp³-hybridized carbons (Fsp3) is 0.0769. The molecule has 0 atom stereocenters. The molecule has 90 valence electrons. The SMILES string of the molecule is Nc1ccccc1Cn1nc2ccccn2c1=O. The third-order valence-corrected chi connectivity index (χ3v) is 2.86. The first-order valence-corrected chi connectivity index (χ1v) is 5.63. The van der Waals surface area contributed by atoms with Gasteiger partial charge in [0.2, 0.25) is 0 Å². The highest BCUT2D eigenvalue weighted by Crippen LogP contribution is 2.11. The number of hydrogen-bond donors (Lipinski definition) is 1. The van der Waals surface area contributed by atoms with Gasteiger partial charge in [-0.25, -0.2) is 9.48 Å². The zero-order chi connectivity index (χ0) is 12.5. The van der Waals surface area contributed by atoms with Crippen LogP contribution < -0.4 is 11.4 Å². The van der Waals surface area contributed by atoms with Crippen molar-refractivity contribution in [1.82, 2.24) is 14.2 Å². The Morgan fingerprint density at radius 2 is 1.89 bits per heavy atom. The number of benzene rings is 1. The molecule has 0 saturated carbocycles. The van der Waals surface area contributed by atoms with Crippen molar-refractivity contribution in [3.05, 3.63) is 64.7 Å². The maximum absolute atomic E-state index is 12.1. The largest absolute Gasteiger partial charge is 0.398 e. The molecule has 0 aliphatic carbocycles. The molecular formula is C13H12N4O. The summed E-state index contributed by atoms with van der Waals surface area (Å²) in [7, 11) is 0. The highest BCUT2D eigenvalue weighted by Gasteiger charge is 2.07. The van der Waals surface area contributed by atoms with Crippen molar-refractivity contribution in [1.29, 1.82) is 0 Å². The average Bonchev–Trinajstić information content (AvgIpc) is 2.70. The van der Waals surface area contributed by atoms with Crippen molar-refractivity contribution in [3.63, 3.8) is 0 Å². The van der Waals surface area contributed by atoms with Crippen LogP contribution in [0.2, 0.25) is 0 Å². The summed E-state index contributed by atoms with van der Waals surface area (Å²) in [6.45, 7) is 0.382. The van der Waals surface area contributed by atoms with Gasteiger partial charge in [-0.3, -0.25) is 4.40 Å². The molecule has 0 radical (unpaired) electrons. The lowest BCUT2D eigenvalue weighted by Crippen LogP contribution is -2.21. The van der Waals surface area contributed by atoms with Crippen LogP contribution in [-0.4, -0.2) is 14.2 Å². The molecule has 0 aliphatic heterocycles. The van der Waals surface area contributed by atoms with Gasteiger partial charge in [0.05, 0.1) is 6.54 Å². The van der Waals surface area contributed by atoms with Gasteiger partial charge in [0, 0.05) is 11.9 Å². The number of nitrogens with two attached hydrogens (primary N) is 1. The molecule has 0 aliphatic rings. The minimum atomic E-state index is -0.158. The van der Waals surface area contributed by atoms with Crippen LogP contribution in [0.1, 0.15) is 5.56 Å². The number of nitrogen functional groups attached to an aromatic ring is 1. The Bertz CT molecular complexity index is 757. The van der Waals surface area contributed by atoms with Gasteiger partial charge in [0.25, 0.3) is 0 Å². The Balaban J connectivity index is 2.09. The molecule has 2 heterocycles. The van der Waals surface area contributed by atoms with E-state index in [4.69, 9.17) is 5.73 Å². The molecule has 18 heavy (non-hydrogen) atoms. The van der Waals surface area contributed by atoms with Crippen molar-refractivity contribution >= 4 is 11.3 Å². The molecule has 2 N–H and O–H groups in total. The zero-order valence-corrected chi connectivity index (χ0v) is 9.65. The predicted molar refractivity (Wildman–Crippen MR) is 69.4 cm³/mol. The van der Waals surface area contributed by atoms with Crippen LogP contribution in [0, 0.1) is 0 Å². The summed E-state index contributed by atoms with van der Waals surface area (Å²) in [4.78, 5) is 12.1. The molecule has 1 aromatic carbocycles. The maximum Gasteiger partial charge on any atom is 0.350 e. The smallest absolute Gasteiger partial charge is 0.350 e. The van der Waals surface area contributed by atoms with E-state index in [1.807, 2.05) is 30.3 Å². The lowest BCUT2D eigenvalue weighted by Gasteiger charge is -2.03. The van der Waals surface area contributed by atoms with Gasteiger partial charge in [0.1, 0.15) is 0 Å². The van der Waals surface area contributed by atoms with Gasteiger partial charge in [-0.1, -0.05) is 24.3 Å². The van der Waals surface area contributed by atoms with Crippen LogP contribution in [0.4, 0.5) is 5.69 Å². The Labute approximate surface area is 103 Å². The Morgan fingerprint density at radius 3 is 2.67 bits per heavy atom. The normalized spacial score (nSPS) is 10.9. The van der Waals surface area contributed by atoms with Crippen LogP contribution in [0.3, 0.4) is 0 Å². The van der Waals surface area contributed by atoms with Gasteiger partial charge < -0.3 is 5.73 Å². The van der Waals surface area contributed by atoms with Crippen LogP contribution in [0.5, 0.6) is 0 Å². The molecule has 0 amide bonds. The van der Waals surface area contributed by atoms with Gasteiger partial charge in [-0.05, 0) is 23.8 Å². The molecule has 3 aromatic rings. The van der Waals surface area contributed by atoms with E-state index in [0.717, 1.165) is 5.56 Å². The first-order chi connectivity index (χ1) is 8.75. The van der Waals surface area contributed by atoms with Crippen LogP contribution >= 0.6 is 0 Å². The number of para-hydroxylation sites is 1. The molecule has 0 fully saturated rings. The molecule has 0 spiro atoms. The van der Waals surface area contributed by atoms with E-state index in [1.54, 1.807) is 18.3 Å². The molecule has 0 bridgehead atoms. The van der Waals surface area contributed by atoms with Crippen molar-refractivity contribution in [2.75, 3.05) is 5.73 Å². The molecule has 0 saturated heterocycles. The van der Waals surface area contributed by atoms with Crippen molar-refractivity contribution in [2.24, 2.45) is 0 Å². The number of anilines is 1. The van der Waals surface area contributed by atoms with E-state index in [2.05, 4.69) is 5.10 Å². The standard InChI is InChI=1S/C13H12N4O/c14-11-6-2-1-5-10(11)9-17-13(18)16-8-4-3-7-12(16)15-17/h1-8H,9,14H2. The summed E-state index contributed by atoms with van der Waals surface area (Å²) in [5.41, 5.74) is 7.90. The summed E-state index contributed by atoms with van der Waals surface area (Å²) in [6, 6.07) is 12.9. The van der Waals surface area contributed by atoms with E-state index in [-0.39, 0.29) is 5.69 Å².